The van der Waals surface area contributed by atoms with E-state index >= 15 is 0 Å². The van der Waals surface area contributed by atoms with Crippen molar-refractivity contribution in [3.63, 3.8) is 0 Å². The van der Waals surface area contributed by atoms with E-state index < -0.39 is 47.9 Å². The number of ether oxygens (including phenoxy) is 1. The van der Waals surface area contributed by atoms with Gasteiger partial charge in [-0.05, 0) is 25.5 Å². The van der Waals surface area contributed by atoms with E-state index in [1.54, 1.807) is 6.92 Å². The van der Waals surface area contributed by atoms with Gasteiger partial charge in [0.1, 0.15) is 18.1 Å². The summed E-state index contributed by atoms with van der Waals surface area (Å²) >= 11 is 5.67. The Hall–Kier alpha value is -2.22. The largest absolute Gasteiger partial charge is 0.466 e. The molecule has 1 saturated heterocycles. The van der Waals surface area contributed by atoms with E-state index in [4.69, 9.17) is 11.6 Å². The zero-order valence-corrected chi connectivity index (χ0v) is 14.1. The standard InChI is InChI=1S/C16H16ClF2NO5/c1-2-25-13(22)6-12(21)11-5-8(7-20(11)16(23)24)14-10(18)4-3-9(17)15(14)19/h3-4,8,11H,2,5-7H2,1H3,(H,23,24). The van der Waals surface area contributed by atoms with Crippen molar-refractivity contribution in [3.05, 3.63) is 34.4 Å². The molecule has 0 spiro atoms. The monoisotopic (exact) mass is 375 g/mol. The first-order valence-electron chi connectivity index (χ1n) is 7.57. The molecule has 0 aromatic heterocycles. The molecule has 136 valence electrons. The van der Waals surface area contributed by atoms with Gasteiger partial charge in [0.05, 0.1) is 17.7 Å². The molecule has 1 amide bonds. The fourth-order valence-corrected chi connectivity index (χ4v) is 3.12. The van der Waals surface area contributed by atoms with Crippen molar-refractivity contribution in [1.82, 2.24) is 4.90 Å². The Labute approximate surface area is 147 Å². The van der Waals surface area contributed by atoms with E-state index in [0.717, 1.165) is 17.0 Å². The fraction of sp³-hybridized carbons (Fsp3) is 0.438. The first-order valence-corrected chi connectivity index (χ1v) is 7.95. The lowest BCUT2D eigenvalue weighted by Crippen LogP contribution is -2.40. The zero-order valence-electron chi connectivity index (χ0n) is 13.3. The quantitative estimate of drug-likeness (QED) is 0.486. The molecule has 1 heterocycles. The molecule has 2 rings (SSSR count). The Morgan fingerprint density at radius 3 is 2.64 bits per heavy atom. The number of rotatable bonds is 5. The SMILES string of the molecule is CCOC(=O)CC(=O)C1CC(c2c(F)ccc(Cl)c2F)CN1C(=O)O. The molecule has 0 radical (unpaired) electrons. The normalized spacial score (nSPS) is 19.8. The maximum atomic E-state index is 14.2. The third-order valence-corrected chi connectivity index (χ3v) is 4.32. The van der Waals surface area contributed by atoms with E-state index in [9.17, 15) is 28.3 Å². The number of ketones is 1. The lowest BCUT2D eigenvalue weighted by atomic mass is 9.93. The summed E-state index contributed by atoms with van der Waals surface area (Å²) < 4.78 is 32.9. The highest BCUT2D eigenvalue weighted by atomic mass is 35.5. The van der Waals surface area contributed by atoms with Crippen LogP contribution in [-0.2, 0) is 14.3 Å². The maximum absolute atomic E-state index is 14.2. The Morgan fingerprint density at radius 1 is 1.36 bits per heavy atom. The maximum Gasteiger partial charge on any atom is 0.407 e. The van der Waals surface area contributed by atoms with Crippen LogP contribution < -0.4 is 0 Å². The van der Waals surface area contributed by atoms with Crippen molar-refractivity contribution in [3.8, 4) is 0 Å². The van der Waals surface area contributed by atoms with E-state index in [2.05, 4.69) is 4.74 Å². The summed E-state index contributed by atoms with van der Waals surface area (Å²) in [6, 6.07) is 0.868. The average Bonchev–Trinajstić information content (AvgIpc) is 2.97. The van der Waals surface area contributed by atoms with Crippen LogP contribution in [-0.4, -0.2) is 47.0 Å². The van der Waals surface area contributed by atoms with Crippen LogP contribution in [0.15, 0.2) is 12.1 Å². The number of nitrogens with zero attached hydrogens (tertiary/aromatic N) is 1. The number of esters is 1. The summed E-state index contributed by atoms with van der Waals surface area (Å²) in [5.74, 6) is -4.18. The van der Waals surface area contributed by atoms with Crippen LogP contribution in [0.25, 0.3) is 0 Å². The van der Waals surface area contributed by atoms with Crippen molar-refractivity contribution < 1.29 is 33.0 Å². The molecule has 0 saturated carbocycles. The number of likely N-dealkylation sites (tertiary alicyclic amines) is 1. The Balaban J connectivity index is 2.26. The average molecular weight is 376 g/mol. The van der Waals surface area contributed by atoms with Crippen molar-refractivity contribution in [2.45, 2.75) is 31.7 Å². The third-order valence-electron chi connectivity index (χ3n) is 4.03. The number of carbonyl (C=O) groups is 3. The predicted molar refractivity (Wildman–Crippen MR) is 83.5 cm³/mol. The molecule has 1 aliphatic heterocycles. The summed E-state index contributed by atoms with van der Waals surface area (Å²) in [7, 11) is 0. The lowest BCUT2D eigenvalue weighted by molar-refractivity contribution is -0.146. The minimum atomic E-state index is -1.41. The van der Waals surface area contributed by atoms with Gasteiger partial charge < -0.3 is 9.84 Å². The summed E-state index contributed by atoms with van der Waals surface area (Å²) in [4.78, 5) is 35.9. The molecule has 0 aliphatic carbocycles. The van der Waals surface area contributed by atoms with Gasteiger partial charge in [-0.2, -0.15) is 0 Å². The second-order valence-electron chi connectivity index (χ2n) is 5.59. The highest BCUT2D eigenvalue weighted by Gasteiger charge is 2.42. The van der Waals surface area contributed by atoms with Crippen LogP contribution in [0.3, 0.4) is 0 Å². The van der Waals surface area contributed by atoms with Gasteiger partial charge in [0.25, 0.3) is 0 Å². The van der Waals surface area contributed by atoms with Crippen LogP contribution in [0.4, 0.5) is 13.6 Å². The van der Waals surface area contributed by atoms with Gasteiger partial charge in [-0.15, -0.1) is 0 Å². The molecule has 2 atom stereocenters. The number of Topliss-reactive ketones (excluding diaryl/α,β-unsaturated/α-hetero) is 1. The molecule has 1 aromatic rings. The topological polar surface area (TPSA) is 83.9 Å². The van der Waals surface area contributed by atoms with Crippen molar-refractivity contribution in [2.75, 3.05) is 13.2 Å². The van der Waals surface area contributed by atoms with Gasteiger partial charge in [-0.1, -0.05) is 11.6 Å². The third kappa shape index (κ3) is 4.07. The van der Waals surface area contributed by atoms with Crippen LogP contribution in [0.2, 0.25) is 5.02 Å². The molecule has 6 nitrogen and oxygen atoms in total. The summed E-state index contributed by atoms with van der Waals surface area (Å²) in [5, 5.41) is 8.98. The van der Waals surface area contributed by atoms with Crippen molar-refractivity contribution in [2.24, 2.45) is 0 Å². The minimum Gasteiger partial charge on any atom is -0.466 e. The van der Waals surface area contributed by atoms with Crippen molar-refractivity contribution >= 4 is 29.4 Å². The number of carboxylic acid groups (broad SMARTS) is 1. The molecule has 1 fully saturated rings. The number of halogens is 3. The lowest BCUT2D eigenvalue weighted by Gasteiger charge is -2.19. The molecular weight excluding hydrogens is 360 g/mol. The molecule has 0 bridgehead atoms. The summed E-state index contributed by atoms with van der Waals surface area (Å²) in [6.45, 7) is 1.38. The summed E-state index contributed by atoms with van der Waals surface area (Å²) in [6.07, 6.45) is -2.15. The smallest absolute Gasteiger partial charge is 0.407 e. The zero-order chi connectivity index (χ0) is 18.7. The van der Waals surface area contributed by atoms with Crippen molar-refractivity contribution in [1.29, 1.82) is 0 Å². The van der Waals surface area contributed by atoms with Gasteiger partial charge in [0, 0.05) is 18.0 Å². The van der Waals surface area contributed by atoms with E-state index in [0.29, 0.717) is 0 Å². The van der Waals surface area contributed by atoms with Gasteiger partial charge in [0.15, 0.2) is 5.78 Å². The number of amides is 1. The van der Waals surface area contributed by atoms with Crippen LogP contribution >= 0.6 is 11.6 Å². The molecule has 2 unspecified atom stereocenters. The predicted octanol–water partition coefficient (Wildman–Crippen LogP) is 2.98. The molecule has 9 heteroatoms. The van der Waals surface area contributed by atoms with Gasteiger partial charge in [0.2, 0.25) is 0 Å². The van der Waals surface area contributed by atoms with Gasteiger partial charge >= 0.3 is 12.1 Å². The molecule has 1 aliphatic rings. The van der Waals surface area contributed by atoms with E-state index in [1.165, 1.54) is 0 Å². The van der Waals surface area contributed by atoms with Crippen LogP contribution in [0.1, 0.15) is 31.2 Å². The second kappa shape index (κ2) is 7.77. The Morgan fingerprint density at radius 2 is 2.04 bits per heavy atom. The van der Waals surface area contributed by atoms with Gasteiger partial charge in [-0.3, -0.25) is 14.5 Å². The van der Waals surface area contributed by atoms with Crippen LogP contribution in [0.5, 0.6) is 0 Å². The number of carbonyl (C=O) groups excluding carboxylic acids is 2. The molecule has 25 heavy (non-hydrogen) atoms. The molecular formula is C16H16ClF2NO5. The van der Waals surface area contributed by atoms with E-state index in [1.807, 2.05) is 0 Å². The second-order valence-corrected chi connectivity index (χ2v) is 6.00. The highest BCUT2D eigenvalue weighted by molar-refractivity contribution is 6.30. The number of benzene rings is 1. The fourth-order valence-electron chi connectivity index (χ4n) is 2.95. The Bertz CT molecular complexity index is 712. The molecule has 1 aromatic carbocycles. The highest BCUT2D eigenvalue weighted by Crippen LogP contribution is 2.37. The number of hydrogen-bond acceptors (Lipinski definition) is 4. The summed E-state index contributed by atoms with van der Waals surface area (Å²) in [5.41, 5.74) is -0.356. The van der Waals surface area contributed by atoms with Crippen LogP contribution in [0, 0.1) is 11.6 Å². The minimum absolute atomic E-state index is 0.0843. The molecule has 1 N–H and O–H groups in total. The number of hydrogen-bond donors (Lipinski definition) is 1. The first kappa shape index (κ1) is 19.1. The van der Waals surface area contributed by atoms with E-state index in [-0.39, 0.29) is 30.2 Å². The first-order chi connectivity index (χ1) is 11.8. The Kier molecular flexibility index (Phi) is 5.94. The van der Waals surface area contributed by atoms with Gasteiger partial charge in [-0.25, -0.2) is 13.6 Å².